The van der Waals surface area contributed by atoms with Crippen LogP contribution in [0.25, 0.3) is 33.7 Å². The summed E-state index contributed by atoms with van der Waals surface area (Å²) in [6.07, 6.45) is 4.37. The average molecular weight is 643 g/mol. The van der Waals surface area contributed by atoms with E-state index < -0.39 is 0 Å². The zero-order chi connectivity index (χ0) is 33.9. The number of anilines is 6. The van der Waals surface area contributed by atoms with Crippen LogP contribution >= 0.6 is 0 Å². The summed E-state index contributed by atoms with van der Waals surface area (Å²) in [7, 11) is 0. The van der Waals surface area contributed by atoms with E-state index in [9.17, 15) is 0 Å². The molecule has 0 unspecified atom stereocenters. The minimum Gasteiger partial charge on any atom is -0.310 e. The third-order valence-electron chi connectivity index (χ3n) is 9.27. The van der Waals surface area contributed by atoms with Crippen LogP contribution in [0.4, 0.5) is 34.1 Å². The first kappa shape index (κ1) is 30.9. The van der Waals surface area contributed by atoms with Crippen molar-refractivity contribution in [2.24, 2.45) is 0 Å². The number of aryl methyl sites for hydroxylation is 2. The molecule has 0 heterocycles. The number of fused-ring (bicyclic) bond motifs is 2. The van der Waals surface area contributed by atoms with Gasteiger partial charge in [-0.25, -0.2) is 0 Å². The van der Waals surface area contributed by atoms with Gasteiger partial charge in [0.05, 0.1) is 0 Å². The molecule has 2 nitrogen and oxygen atoms in total. The second-order valence-electron chi connectivity index (χ2n) is 12.9. The summed E-state index contributed by atoms with van der Waals surface area (Å²) in [5, 5.41) is 4.98. The van der Waals surface area contributed by atoms with Crippen LogP contribution in [-0.4, -0.2) is 0 Å². The van der Waals surface area contributed by atoms with Gasteiger partial charge in [0.15, 0.2) is 0 Å². The van der Waals surface area contributed by atoms with Crippen LogP contribution in [0.1, 0.15) is 22.3 Å². The highest BCUT2D eigenvalue weighted by Gasteiger charge is 2.14. The molecular formula is C48H38N2. The van der Waals surface area contributed by atoms with Crippen molar-refractivity contribution >= 4 is 67.8 Å². The monoisotopic (exact) mass is 642 g/mol. The van der Waals surface area contributed by atoms with E-state index in [0.29, 0.717) is 0 Å². The van der Waals surface area contributed by atoms with E-state index in [1.165, 1.54) is 32.7 Å². The smallest absolute Gasteiger partial charge is 0.0468 e. The van der Waals surface area contributed by atoms with Gasteiger partial charge in [-0.1, -0.05) is 132 Å². The van der Waals surface area contributed by atoms with E-state index in [2.05, 4.69) is 218 Å². The molecule has 0 fully saturated rings. The topological polar surface area (TPSA) is 6.48 Å². The molecule has 0 radical (unpaired) electrons. The largest absolute Gasteiger partial charge is 0.310 e. The summed E-state index contributed by atoms with van der Waals surface area (Å²) >= 11 is 0. The summed E-state index contributed by atoms with van der Waals surface area (Å²) in [6.45, 7) is 4.28. The Balaban J connectivity index is 1.05. The van der Waals surface area contributed by atoms with Crippen LogP contribution < -0.4 is 9.80 Å². The molecule has 50 heavy (non-hydrogen) atoms. The Labute approximate surface area is 294 Å². The molecule has 0 saturated carbocycles. The molecule has 0 amide bonds. The average Bonchev–Trinajstić information content (AvgIpc) is 3.16. The third kappa shape index (κ3) is 6.52. The van der Waals surface area contributed by atoms with Crippen molar-refractivity contribution in [2.75, 3.05) is 9.80 Å². The van der Waals surface area contributed by atoms with Crippen molar-refractivity contribution in [3.63, 3.8) is 0 Å². The minimum absolute atomic E-state index is 1.12. The van der Waals surface area contributed by atoms with Crippen molar-refractivity contribution in [3.8, 4) is 0 Å². The summed E-state index contributed by atoms with van der Waals surface area (Å²) in [5.41, 5.74) is 11.6. The first-order chi connectivity index (χ1) is 24.6. The molecule has 8 rings (SSSR count). The molecule has 240 valence electrons. The molecule has 0 saturated heterocycles. The van der Waals surface area contributed by atoms with Gasteiger partial charge < -0.3 is 9.80 Å². The summed E-state index contributed by atoms with van der Waals surface area (Å²) in [4.78, 5) is 4.64. The fraction of sp³-hybridized carbons (Fsp3) is 0.0417. The van der Waals surface area contributed by atoms with Gasteiger partial charge in [0, 0.05) is 34.1 Å². The maximum absolute atomic E-state index is 2.32. The number of benzene rings is 8. The van der Waals surface area contributed by atoms with Crippen LogP contribution in [0.5, 0.6) is 0 Å². The number of rotatable bonds is 8. The first-order valence-corrected chi connectivity index (χ1v) is 17.2. The highest BCUT2D eigenvalue weighted by atomic mass is 15.1. The van der Waals surface area contributed by atoms with Gasteiger partial charge in [-0.2, -0.15) is 0 Å². The van der Waals surface area contributed by atoms with Crippen molar-refractivity contribution in [1.82, 2.24) is 0 Å². The second kappa shape index (κ2) is 13.6. The second-order valence-corrected chi connectivity index (χ2v) is 12.9. The van der Waals surface area contributed by atoms with E-state index >= 15 is 0 Å². The van der Waals surface area contributed by atoms with E-state index in [1.54, 1.807) is 0 Å². The Hall–Kier alpha value is -6.38. The lowest BCUT2D eigenvalue weighted by Crippen LogP contribution is -2.09. The van der Waals surface area contributed by atoms with Crippen LogP contribution in [0.15, 0.2) is 182 Å². The highest BCUT2D eigenvalue weighted by Crippen LogP contribution is 2.38. The van der Waals surface area contributed by atoms with Gasteiger partial charge in [0.1, 0.15) is 0 Å². The summed E-state index contributed by atoms with van der Waals surface area (Å²) < 4.78 is 0. The fourth-order valence-electron chi connectivity index (χ4n) is 6.69. The van der Waals surface area contributed by atoms with E-state index in [-0.39, 0.29) is 0 Å². The van der Waals surface area contributed by atoms with Crippen molar-refractivity contribution < 1.29 is 0 Å². The van der Waals surface area contributed by atoms with Gasteiger partial charge in [-0.3, -0.25) is 0 Å². The molecule has 8 aromatic carbocycles. The standard InChI is InChI=1S/C48H38N2/c1-35-13-21-41-33-47(29-23-39(41)31-35)49(43-9-5-3-6-10-43)45-25-17-37(18-26-45)15-16-38-19-27-46(28-20-38)50(44-11-7-4-8-12-44)48-30-24-40-32-36(2)14-22-42(40)34-48/h3-34H,1-2H3/b16-15+. The molecule has 0 N–H and O–H groups in total. The fourth-order valence-corrected chi connectivity index (χ4v) is 6.69. The maximum Gasteiger partial charge on any atom is 0.0468 e. The molecule has 8 aromatic rings. The Morgan fingerprint density at radius 3 is 1.02 bits per heavy atom. The molecule has 0 atom stereocenters. The molecule has 0 aromatic heterocycles. The Morgan fingerprint density at radius 1 is 0.300 bits per heavy atom. The van der Waals surface area contributed by atoms with Crippen molar-refractivity contribution in [1.29, 1.82) is 0 Å². The SMILES string of the molecule is Cc1ccc2cc(N(c3ccccc3)c3ccc(/C=C/c4ccc(N(c5ccccc5)c5ccc6cc(C)ccc6c5)cc4)cc3)ccc2c1. The molecule has 0 aliphatic heterocycles. The number of para-hydroxylation sites is 2. The number of hydrogen-bond donors (Lipinski definition) is 0. The number of nitrogens with zero attached hydrogens (tertiary/aromatic N) is 2. The van der Waals surface area contributed by atoms with Crippen LogP contribution in [-0.2, 0) is 0 Å². The van der Waals surface area contributed by atoms with Gasteiger partial charge >= 0.3 is 0 Å². The molecule has 2 heteroatoms. The Kier molecular flexibility index (Phi) is 8.42. The zero-order valence-corrected chi connectivity index (χ0v) is 28.4. The molecule has 0 aliphatic carbocycles. The predicted molar refractivity (Wildman–Crippen MR) is 216 cm³/mol. The molecule has 0 bridgehead atoms. The van der Waals surface area contributed by atoms with Crippen LogP contribution in [0, 0.1) is 13.8 Å². The lowest BCUT2D eigenvalue weighted by molar-refractivity contribution is 1.29. The first-order valence-electron chi connectivity index (χ1n) is 17.2. The Morgan fingerprint density at radius 2 is 0.620 bits per heavy atom. The van der Waals surface area contributed by atoms with Gasteiger partial charge in [0.2, 0.25) is 0 Å². The molecule has 0 spiro atoms. The lowest BCUT2D eigenvalue weighted by Gasteiger charge is -2.26. The maximum atomic E-state index is 2.32. The van der Waals surface area contributed by atoms with E-state index in [0.717, 1.165) is 45.3 Å². The third-order valence-corrected chi connectivity index (χ3v) is 9.27. The normalized spacial score (nSPS) is 11.3. The summed E-state index contributed by atoms with van der Waals surface area (Å²) in [6, 6.07) is 65.4. The van der Waals surface area contributed by atoms with Gasteiger partial charge in [-0.15, -0.1) is 0 Å². The lowest BCUT2D eigenvalue weighted by atomic mass is 10.1. The quantitative estimate of drug-likeness (QED) is 0.152. The summed E-state index contributed by atoms with van der Waals surface area (Å²) in [5.74, 6) is 0. The minimum atomic E-state index is 1.12. The van der Waals surface area contributed by atoms with E-state index in [4.69, 9.17) is 0 Å². The Bertz CT molecular complexity index is 2250. The van der Waals surface area contributed by atoms with Crippen LogP contribution in [0.3, 0.4) is 0 Å². The van der Waals surface area contributed by atoms with Crippen molar-refractivity contribution in [2.45, 2.75) is 13.8 Å². The highest BCUT2D eigenvalue weighted by molar-refractivity contribution is 5.91. The zero-order valence-electron chi connectivity index (χ0n) is 28.4. The molecule has 0 aliphatic rings. The van der Waals surface area contributed by atoms with E-state index in [1.807, 2.05) is 0 Å². The predicted octanol–water partition coefficient (Wildman–Crippen LogP) is 13.7. The van der Waals surface area contributed by atoms with Crippen molar-refractivity contribution in [3.05, 3.63) is 204 Å². The van der Waals surface area contributed by atoms with Gasteiger partial charge in [0.25, 0.3) is 0 Å². The number of hydrogen-bond acceptors (Lipinski definition) is 2. The van der Waals surface area contributed by atoms with Gasteiger partial charge in [-0.05, 0) is 119 Å². The van der Waals surface area contributed by atoms with Crippen LogP contribution in [0.2, 0.25) is 0 Å². The molecular weight excluding hydrogens is 605 g/mol.